The van der Waals surface area contributed by atoms with Crippen molar-refractivity contribution in [2.75, 3.05) is 13.2 Å². The van der Waals surface area contributed by atoms with E-state index in [2.05, 4.69) is 0 Å². The normalized spacial score (nSPS) is 15.8. The maximum Gasteiger partial charge on any atom is 0.346 e. The largest absolute Gasteiger partial charge is 0.478 e. The summed E-state index contributed by atoms with van der Waals surface area (Å²) >= 11 is 0. The van der Waals surface area contributed by atoms with Crippen molar-refractivity contribution in [3.8, 4) is 5.75 Å². The summed E-state index contributed by atoms with van der Waals surface area (Å²) in [5, 5.41) is 10.6. The number of halogens is 1. The van der Waals surface area contributed by atoms with E-state index in [0.717, 1.165) is 6.07 Å². The topological polar surface area (TPSA) is 61.6 Å². The number of hydrogen-bond donors (Lipinski definition) is 0. The van der Waals surface area contributed by atoms with Gasteiger partial charge in [-0.1, -0.05) is 6.07 Å². The lowest BCUT2D eigenvalue weighted by molar-refractivity contribution is -0.389. The van der Waals surface area contributed by atoms with Crippen LogP contribution in [-0.4, -0.2) is 24.2 Å². The van der Waals surface area contributed by atoms with Gasteiger partial charge in [0.15, 0.2) is 0 Å². The standard InChI is InChI=1S/C9H8FNO4/c10-7-2-1-3-8(9(7)11(12)13)15-6-4-14-5-6/h1-3,6H,4-5H2. The van der Waals surface area contributed by atoms with Gasteiger partial charge in [-0.05, 0) is 12.1 Å². The quantitative estimate of drug-likeness (QED) is 0.564. The molecule has 0 bridgehead atoms. The molecular weight excluding hydrogens is 205 g/mol. The van der Waals surface area contributed by atoms with Gasteiger partial charge in [0.2, 0.25) is 11.6 Å². The van der Waals surface area contributed by atoms with Gasteiger partial charge in [-0.3, -0.25) is 10.1 Å². The molecule has 0 radical (unpaired) electrons. The van der Waals surface area contributed by atoms with E-state index in [1.54, 1.807) is 0 Å². The predicted molar refractivity (Wildman–Crippen MR) is 48.3 cm³/mol. The van der Waals surface area contributed by atoms with Gasteiger partial charge in [0.25, 0.3) is 0 Å². The summed E-state index contributed by atoms with van der Waals surface area (Å²) in [5.41, 5.74) is -0.621. The Hall–Kier alpha value is -1.69. The molecule has 0 aliphatic carbocycles. The van der Waals surface area contributed by atoms with Crippen molar-refractivity contribution in [2.24, 2.45) is 0 Å². The highest BCUT2D eigenvalue weighted by molar-refractivity contribution is 5.47. The molecule has 0 atom stereocenters. The average molecular weight is 213 g/mol. The molecule has 1 aliphatic rings. The molecule has 2 rings (SSSR count). The molecule has 0 saturated carbocycles. The molecule has 1 aromatic rings. The Balaban J connectivity index is 2.27. The molecule has 1 fully saturated rings. The summed E-state index contributed by atoms with van der Waals surface area (Å²) in [6, 6.07) is 3.78. The monoisotopic (exact) mass is 213 g/mol. The second-order valence-corrected chi connectivity index (χ2v) is 3.12. The summed E-state index contributed by atoms with van der Waals surface area (Å²) in [7, 11) is 0. The highest BCUT2D eigenvalue weighted by Crippen LogP contribution is 2.31. The minimum absolute atomic E-state index is 0.0479. The molecule has 0 N–H and O–H groups in total. The number of hydrogen-bond acceptors (Lipinski definition) is 4. The fraction of sp³-hybridized carbons (Fsp3) is 0.333. The first-order valence-corrected chi connectivity index (χ1v) is 4.36. The smallest absolute Gasteiger partial charge is 0.346 e. The Kier molecular flexibility index (Phi) is 2.51. The summed E-state index contributed by atoms with van der Waals surface area (Å²) in [4.78, 5) is 9.80. The van der Waals surface area contributed by atoms with Crippen molar-refractivity contribution in [1.29, 1.82) is 0 Å². The molecule has 6 heteroatoms. The summed E-state index contributed by atoms with van der Waals surface area (Å²) in [6.07, 6.45) is -0.217. The number of nitro groups is 1. The average Bonchev–Trinajstić information content (AvgIpc) is 2.10. The van der Waals surface area contributed by atoms with Crippen LogP contribution in [0.25, 0.3) is 0 Å². The fourth-order valence-electron chi connectivity index (χ4n) is 1.23. The number of benzene rings is 1. The van der Waals surface area contributed by atoms with E-state index >= 15 is 0 Å². The van der Waals surface area contributed by atoms with Crippen LogP contribution >= 0.6 is 0 Å². The van der Waals surface area contributed by atoms with Crippen molar-refractivity contribution in [3.05, 3.63) is 34.1 Å². The first-order chi connectivity index (χ1) is 7.18. The Bertz CT molecular complexity index is 392. The highest BCUT2D eigenvalue weighted by Gasteiger charge is 2.27. The lowest BCUT2D eigenvalue weighted by Gasteiger charge is -2.26. The van der Waals surface area contributed by atoms with Gasteiger partial charge in [0.1, 0.15) is 6.10 Å². The second-order valence-electron chi connectivity index (χ2n) is 3.12. The van der Waals surface area contributed by atoms with Crippen LogP contribution in [-0.2, 0) is 4.74 Å². The van der Waals surface area contributed by atoms with Crippen LogP contribution in [0.5, 0.6) is 5.75 Å². The second kappa shape index (κ2) is 3.82. The molecule has 0 spiro atoms. The molecule has 15 heavy (non-hydrogen) atoms. The zero-order valence-electron chi connectivity index (χ0n) is 7.68. The number of rotatable bonds is 3. The molecule has 1 aliphatic heterocycles. The van der Waals surface area contributed by atoms with Gasteiger partial charge in [-0.25, -0.2) is 0 Å². The number of para-hydroxylation sites is 1. The van der Waals surface area contributed by atoms with Crippen LogP contribution in [0, 0.1) is 15.9 Å². The Morgan fingerprint density at radius 3 is 2.80 bits per heavy atom. The third-order valence-corrected chi connectivity index (χ3v) is 2.03. The third kappa shape index (κ3) is 1.89. The minimum Gasteiger partial charge on any atom is -0.478 e. The molecule has 0 unspecified atom stereocenters. The summed E-state index contributed by atoms with van der Waals surface area (Å²) < 4.78 is 23.2. The lowest BCUT2D eigenvalue weighted by atomic mass is 10.2. The molecule has 1 heterocycles. The van der Waals surface area contributed by atoms with Crippen molar-refractivity contribution in [1.82, 2.24) is 0 Å². The maximum atomic E-state index is 13.1. The third-order valence-electron chi connectivity index (χ3n) is 2.03. The fourth-order valence-corrected chi connectivity index (χ4v) is 1.23. The Morgan fingerprint density at radius 1 is 1.53 bits per heavy atom. The molecule has 0 aromatic heterocycles. The van der Waals surface area contributed by atoms with Gasteiger partial charge in [-0.2, -0.15) is 4.39 Å². The van der Waals surface area contributed by atoms with Crippen molar-refractivity contribution < 1.29 is 18.8 Å². The van der Waals surface area contributed by atoms with E-state index < -0.39 is 16.4 Å². The predicted octanol–water partition coefficient (Wildman–Crippen LogP) is 1.51. The van der Waals surface area contributed by atoms with E-state index in [-0.39, 0.29) is 11.9 Å². The van der Waals surface area contributed by atoms with Crippen LogP contribution in [0.3, 0.4) is 0 Å². The number of ether oxygens (including phenoxy) is 2. The van der Waals surface area contributed by atoms with E-state index in [9.17, 15) is 14.5 Å². The number of nitro benzene ring substituents is 1. The van der Waals surface area contributed by atoms with Gasteiger partial charge in [0.05, 0.1) is 18.1 Å². The Morgan fingerprint density at radius 2 is 2.27 bits per heavy atom. The molecular formula is C9H8FNO4. The first-order valence-electron chi connectivity index (χ1n) is 4.36. The van der Waals surface area contributed by atoms with Gasteiger partial charge < -0.3 is 9.47 Å². The van der Waals surface area contributed by atoms with Crippen molar-refractivity contribution >= 4 is 5.69 Å². The van der Waals surface area contributed by atoms with Gasteiger partial charge >= 0.3 is 5.69 Å². The van der Waals surface area contributed by atoms with Gasteiger partial charge in [0, 0.05) is 0 Å². The zero-order chi connectivity index (χ0) is 10.8. The van der Waals surface area contributed by atoms with Crippen molar-refractivity contribution in [3.63, 3.8) is 0 Å². The van der Waals surface area contributed by atoms with Crippen LogP contribution in [0.2, 0.25) is 0 Å². The molecule has 0 amide bonds. The van der Waals surface area contributed by atoms with E-state index in [0.29, 0.717) is 13.2 Å². The van der Waals surface area contributed by atoms with E-state index in [1.807, 2.05) is 0 Å². The molecule has 5 nitrogen and oxygen atoms in total. The SMILES string of the molecule is O=[N+]([O-])c1c(F)cccc1OC1COC1. The lowest BCUT2D eigenvalue weighted by Crippen LogP contribution is -2.38. The minimum atomic E-state index is -0.891. The highest BCUT2D eigenvalue weighted by atomic mass is 19.1. The molecule has 1 saturated heterocycles. The first kappa shape index (κ1) is 9.85. The van der Waals surface area contributed by atoms with E-state index in [4.69, 9.17) is 9.47 Å². The van der Waals surface area contributed by atoms with Crippen LogP contribution in [0.4, 0.5) is 10.1 Å². The van der Waals surface area contributed by atoms with Crippen LogP contribution in [0.1, 0.15) is 0 Å². The number of nitrogens with zero attached hydrogens (tertiary/aromatic N) is 1. The van der Waals surface area contributed by atoms with Crippen LogP contribution in [0.15, 0.2) is 18.2 Å². The van der Waals surface area contributed by atoms with Crippen molar-refractivity contribution in [2.45, 2.75) is 6.10 Å². The maximum absolute atomic E-state index is 13.1. The summed E-state index contributed by atoms with van der Waals surface area (Å²) in [5.74, 6) is -0.939. The Labute approximate surface area is 84.6 Å². The zero-order valence-corrected chi connectivity index (χ0v) is 7.68. The van der Waals surface area contributed by atoms with Crippen LogP contribution < -0.4 is 4.74 Å². The van der Waals surface area contributed by atoms with Gasteiger partial charge in [-0.15, -0.1) is 0 Å². The summed E-state index contributed by atoms with van der Waals surface area (Å²) in [6.45, 7) is 0.765. The molecule has 1 aromatic carbocycles. The molecule has 80 valence electrons. The van der Waals surface area contributed by atoms with E-state index in [1.165, 1.54) is 12.1 Å².